The van der Waals surface area contributed by atoms with E-state index in [0.717, 1.165) is 33.6 Å². The quantitative estimate of drug-likeness (QED) is 0.466. The second kappa shape index (κ2) is 9.83. The number of aromatic nitrogens is 1. The molecule has 0 unspecified atom stereocenters. The zero-order chi connectivity index (χ0) is 23.4. The van der Waals surface area contributed by atoms with Gasteiger partial charge in [-0.2, -0.15) is 0 Å². The number of hydrogen-bond donors (Lipinski definition) is 3. The van der Waals surface area contributed by atoms with Crippen molar-refractivity contribution >= 4 is 29.3 Å². The van der Waals surface area contributed by atoms with Gasteiger partial charge >= 0.3 is 12.1 Å². The van der Waals surface area contributed by atoms with Gasteiger partial charge in [0.25, 0.3) is 5.91 Å². The zero-order valence-corrected chi connectivity index (χ0v) is 18.7. The summed E-state index contributed by atoms with van der Waals surface area (Å²) < 4.78 is 5.49. The van der Waals surface area contributed by atoms with Crippen molar-refractivity contribution in [1.29, 1.82) is 0 Å². The Bertz CT molecular complexity index is 1150. The van der Waals surface area contributed by atoms with Gasteiger partial charge in [-0.05, 0) is 28.7 Å². The van der Waals surface area contributed by atoms with E-state index in [0.29, 0.717) is 5.01 Å². The Morgan fingerprint density at radius 3 is 2.33 bits per heavy atom. The second-order valence-electron chi connectivity index (χ2n) is 7.57. The largest absolute Gasteiger partial charge is 0.480 e. The van der Waals surface area contributed by atoms with Crippen molar-refractivity contribution in [3.05, 3.63) is 75.7 Å². The molecule has 0 saturated carbocycles. The minimum Gasteiger partial charge on any atom is -0.480 e. The first-order valence-electron chi connectivity index (χ1n) is 10.5. The van der Waals surface area contributed by atoms with Gasteiger partial charge in [-0.15, -0.1) is 11.3 Å². The van der Waals surface area contributed by atoms with Crippen molar-refractivity contribution in [2.24, 2.45) is 0 Å². The van der Waals surface area contributed by atoms with Gasteiger partial charge in [0, 0.05) is 5.92 Å². The van der Waals surface area contributed by atoms with Crippen LogP contribution in [0.4, 0.5) is 4.79 Å². The number of ether oxygens (including phenoxy) is 1. The Kier molecular flexibility index (Phi) is 6.69. The number of carbonyl (C=O) groups excluding carboxylic acids is 2. The van der Waals surface area contributed by atoms with E-state index in [9.17, 15) is 14.4 Å². The summed E-state index contributed by atoms with van der Waals surface area (Å²) in [7, 11) is 0. The van der Waals surface area contributed by atoms with E-state index in [1.54, 1.807) is 6.92 Å². The fourth-order valence-corrected chi connectivity index (χ4v) is 4.62. The first-order valence-corrected chi connectivity index (χ1v) is 11.4. The van der Waals surface area contributed by atoms with Crippen molar-refractivity contribution in [3.63, 3.8) is 0 Å². The highest BCUT2D eigenvalue weighted by Crippen LogP contribution is 2.44. The van der Waals surface area contributed by atoms with Crippen molar-refractivity contribution < 1.29 is 24.2 Å². The maximum Gasteiger partial charge on any atom is 0.407 e. The maximum atomic E-state index is 12.3. The predicted molar refractivity (Wildman–Crippen MR) is 123 cm³/mol. The van der Waals surface area contributed by atoms with Crippen LogP contribution in [0.5, 0.6) is 0 Å². The number of alkyl carbamates (subject to hydrolysis) is 1. The predicted octanol–water partition coefficient (Wildman–Crippen LogP) is 3.77. The van der Waals surface area contributed by atoms with E-state index in [2.05, 4.69) is 39.9 Å². The third-order valence-electron chi connectivity index (χ3n) is 5.52. The van der Waals surface area contributed by atoms with E-state index >= 15 is 0 Å². The summed E-state index contributed by atoms with van der Waals surface area (Å²) in [6.45, 7) is 1.99. The summed E-state index contributed by atoms with van der Waals surface area (Å²) in [6.07, 6.45) is 1.06. The van der Waals surface area contributed by atoms with Gasteiger partial charge in [-0.1, -0.05) is 55.5 Å². The molecule has 4 rings (SSSR count). The van der Waals surface area contributed by atoms with Crippen molar-refractivity contribution in [2.75, 3.05) is 6.61 Å². The lowest BCUT2D eigenvalue weighted by molar-refractivity contribution is -0.139. The smallest absolute Gasteiger partial charge is 0.407 e. The molecule has 8 nitrogen and oxygen atoms in total. The molecule has 0 bridgehead atoms. The molecule has 33 heavy (non-hydrogen) atoms. The molecule has 0 saturated heterocycles. The summed E-state index contributed by atoms with van der Waals surface area (Å²) in [5.41, 5.74) is 4.58. The number of carboxylic acid groups (broad SMARTS) is 1. The minimum atomic E-state index is -1.09. The molecule has 1 aliphatic rings. The molecule has 2 amide bonds. The topological polar surface area (TPSA) is 118 Å². The molecule has 170 valence electrons. The molecule has 1 heterocycles. The van der Waals surface area contributed by atoms with Crippen molar-refractivity contribution in [1.82, 2.24) is 15.6 Å². The third-order valence-corrected chi connectivity index (χ3v) is 6.51. The van der Waals surface area contributed by atoms with Crippen molar-refractivity contribution in [3.8, 4) is 11.1 Å². The highest BCUT2D eigenvalue weighted by Gasteiger charge is 2.29. The number of carbonyl (C=O) groups is 3. The van der Waals surface area contributed by atoms with Crippen molar-refractivity contribution in [2.45, 2.75) is 31.8 Å². The van der Waals surface area contributed by atoms with Crippen LogP contribution in [0, 0.1) is 0 Å². The summed E-state index contributed by atoms with van der Waals surface area (Å²) in [5.74, 6) is -1.62. The van der Waals surface area contributed by atoms with E-state index < -0.39 is 24.0 Å². The van der Waals surface area contributed by atoms with Crippen LogP contribution in [0.25, 0.3) is 11.1 Å². The first kappa shape index (κ1) is 22.5. The minimum absolute atomic E-state index is 0.0287. The number of benzene rings is 2. The number of rotatable bonds is 8. The molecule has 1 aliphatic carbocycles. The number of aliphatic carboxylic acids is 1. The van der Waals surface area contributed by atoms with Crippen LogP contribution in [-0.4, -0.2) is 40.7 Å². The molecule has 0 radical (unpaired) electrons. The number of amides is 2. The Balaban J connectivity index is 1.31. The Hall–Kier alpha value is -3.72. The third kappa shape index (κ3) is 4.88. The molecule has 1 atom stereocenters. The fraction of sp³-hybridized carbons (Fsp3) is 0.250. The molecule has 3 aromatic rings. The van der Waals surface area contributed by atoms with Gasteiger partial charge < -0.3 is 20.5 Å². The molecule has 1 aromatic heterocycles. The van der Waals surface area contributed by atoms with E-state index in [-0.39, 0.29) is 30.4 Å². The molecular weight excluding hydrogens is 442 g/mol. The number of nitrogens with one attached hydrogen (secondary N) is 2. The number of hydrogen-bond acceptors (Lipinski definition) is 6. The highest BCUT2D eigenvalue weighted by atomic mass is 32.1. The van der Waals surface area contributed by atoms with Crippen LogP contribution < -0.4 is 10.6 Å². The molecular formula is C24H23N3O5S. The number of fused-ring (bicyclic) bond motifs is 3. The number of nitrogens with zero attached hydrogens (tertiary/aromatic N) is 1. The maximum absolute atomic E-state index is 12.3. The zero-order valence-electron chi connectivity index (χ0n) is 17.9. The van der Waals surface area contributed by atoms with Crippen LogP contribution in [0.1, 0.15) is 45.1 Å². The van der Waals surface area contributed by atoms with Gasteiger partial charge in [-0.3, -0.25) is 4.79 Å². The molecule has 0 spiro atoms. The summed E-state index contributed by atoms with van der Waals surface area (Å²) in [6, 6.07) is 15.2. The average molecular weight is 466 g/mol. The van der Waals surface area contributed by atoms with E-state index in [4.69, 9.17) is 9.84 Å². The summed E-state index contributed by atoms with van der Waals surface area (Å²) in [5, 5.41) is 14.7. The van der Waals surface area contributed by atoms with Gasteiger partial charge in [0.05, 0.1) is 12.7 Å². The molecule has 0 aliphatic heterocycles. The first-order chi connectivity index (χ1) is 16.0. The fourth-order valence-electron chi connectivity index (χ4n) is 3.86. The Morgan fingerprint density at radius 1 is 1.09 bits per heavy atom. The van der Waals surface area contributed by atoms with E-state index in [1.165, 1.54) is 6.20 Å². The van der Waals surface area contributed by atoms with Gasteiger partial charge in [0.1, 0.15) is 22.5 Å². The number of thiazole rings is 1. The van der Waals surface area contributed by atoms with Crippen LogP contribution in [-0.2, 0) is 16.1 Å². The van der Waals surface area contributed by atoms with Gasteiger partial charge in [-0.25, -0.2) is 14.6 Å². The highest BCUT2D eigenvalue weighted by molar-refractivity contribution is 7.13. The lowest BCUT2D eigenvalue weighted by Gasteiger charge is -2.14. The lowest BCUT2D eigenvalue weighted by atomic mass is 9.98. The monoisotopic (exact) mass is 465 g/mol. The van der Waals surface area contributed by atoms with Gasteiger partial charge in [0.2, 0.25) is 0 Å². The van der Waals surface area contributed by atoms with Crippen LogP contribution in [0.3, 0.4) is 0 Å². The summed E-state index contributed by atoms with van der Waals surface area (Å²) in [4.78, 5) is 40.0. The van der Waals surface area contributed by atoms with Gasteiger partial charge in [0.15, 0.2) is 0 Å². The second-order valence-corrected chi connectivity index (χ2v) is 8.69. The van der Waals surface area contributed by atoms with Crippen LogP contribution >= 0.6 is 11.3 Å². The molecule has 3 N–H and O–H groups in total. The molecule has 0 fully saturated rings. The van der Waals surface area contributed by atoms with Crippen LogP contribution in [0.15, 0.2) is 54.7 Å². The normalized spacial score (nSPS) is 13.0. The SMILES string of the molecule is CC[C@@H](NC(=O)c1cnc(CNC(=O)OCC2c3ccccc3-c3ccccc32)s1)C(=O)O. The van der Waals surface area contributed by atoms with E-state index in [1.807, 2.05) is 24.3 Å². The standard InChI is InChI=1S/C24H23N3O5S/c1-2-19(23(29)30)27-22(28)20-11-25-21(33-20)12-26-24(31)32-13-18-16-9-5-3-7-14(16)15-8-4-6-10-17(15)18/h3-11,18-19H,2,12-13H2,1H3,(H,26,31)(H,27,28)(H,29,30)/t19-/m1/s1. The Morgan fingerprint density at radius 2 is 1.73 bits per heavy atom. The summed E-state index contributed by atoms with van der Waals surface area (Å²) >= 11 is 1.09. The molecule has 2 aromatic carbocycles. The van der Waals surface area contributed by atoms with Crippen LogP contribution in [0.2, 0.25) is 0 Å². The molecule has 9 heteroatoms. The lowest BCUT2D eigenvalue weighted by Crippen LogP contribution is -2.39. The number of carboxylic acids is 1. The Labute approximate surface area is 194 Å². The average Bonchev–Trinajstić information content (AvgIpc) is 3.42.